The van der Waals surface area contributed by atoms with Crippen LogP contribution in [-0.2, 0) is 0 Å². The van der Waals surface area contributed by atoms with Crippen LogP contribution in [0.2, 0.25) is 0 Å². The lowest BCUT2D eigenvalue weighted by Crippen LogP contribution is -1.98. The van der Waals surface area contributed by atoms with Gasteiger partial charge < -0.3 is 5.11 Å². The molecule has 1 N–H and O–H groups in total. The molecule has 2 rings (SSSR count). The second-order valence-corrected chi connectivity index (χ2v) is 4.13. The van der Waals surface area contributed by atoms with Crippen LogP contribution in [-0.4, -0.2) is 11.1 Å². The molecule has 1 heterocycles. The van der Waals surface area contributed by atoms with Gasteiger partial charge in [0.2, 0.25) is 0 Å². The molecule has 0 aliphatic carbocycles. The average Bonchev–Trinajstić information content (AvgIpc) is 2.64. The van der Waals surface area contributed by atoms with Gasteiger partial charge in [0, 0.05) is 17.7 Å². The van der Waals surface area contributed by atoms with Gasteiger partial charge in [-0.05, 0) is 11.4 Å². The average molecular weight is 258 g/mol. The summed E-state index contributed by atoms with van der Waals surface area (Å²) in [5.41, 5.74) is -0.609. The highest BCUT2D eigenvalue weighted by Gasteiger charge is 2.20. The van der Waals surface area contributed by atoms with Gasteiger partial charge in [-0.15, -0.1) is 11.3 Å². The number of halogens is 3. The van der Waals surface area contributed by atoms with Crippen molar-refractivity contribution in [3.05, 3.63) is 45.9 Å². The van der Waals surface area contributed by atoms with Gasteiger partial charge >= 0.3 is 5.97 Å². The van der Waals surface area contributed by atoms with Gasteiger partial charge in [-0.2, -0.15) is 0 Å². The Hall–Kier alpha value is -1.82. The van der Waals surface area contributed by atoms with Gasteiger partial charge in [-0.25, -0.2) is 18.0 Å². The standard InChI is InChI=1S/C11H5F3O2S/c12-5-3-7(13)9(8(14)4-5)6-1-2-17-10(6)11(15)16/h1-4H,(H,15,16). The zero-order valence-corrected chi connectivity index (χ0v) is 9.02. The Morgan fingerprint density at radius 3 is 2.29 bits per heavy atom. The third kappa shape index (κ3) is 2.03. The minimum atomic E-state index is -1.28. The molecule has 0 radical (unpaired) electrons. The highest BCUT2D eigenvalue weighted by Crippen LogP contribution is 2.32. The van der Waals surface area contributed by atoms with E-state index in [2.05, 4.69) is 0 Å². The molecule has 6 heteroatoms. The van der Waals surface area contributed by atoms with E-state index in [9.17, 15) is 18.0 Å². The highest BCUT2D eigenvalue weighted by atomic mass is 32.1. The Morgan fingerprint density at radius 2 is 1.76 bits per heavy atom. The molecule has 1 aromatic carbocycles. The van der Waals surface area contributed by atoms with Gasteiger partial charge in [0.1, 0.15) is 22.3 Å². The lowest BCUT2D eigenvalue weighted by molar-refractivity contribution is 0.0703. The number of hydrogen-bond acceptors (Lipinski definition) is 2. The van der Waals surface area contributed by atoms with Crippen molar-refractivity contribution in [2.45, 2.75) is 0 Å². The monoisotopic (exact) mass is 258 g/mol. The molecule has 0 unspecified atom stereocenters. The fraction of sp³-hybridized carbons (Fsp3) is 0. The minimum absolute atomic E-state index is 0.0856. The number of benzene rings is 1. The lowest BCUT2D eigenvalue weighted by Gasteiger charge is -2.04. The fourth-order valence-corrected chi connectivity index (χ4v) is 2.21. The lowest BCUT2D eigenvalue weighted by atomic mass is 10.1. The second-order valence-electron chi connectivity index (χ2n) is 3.21. The smallest absolute Gasteiger partial charge is 0.346 e. The molecule has 0 aliphatic heterocycles. The summed E-state index contributed by atoms with van der Waals surface area (Å²) < 4.78 is 39.6. The van der Waals surface area contributed by atoms with Crippen molar-refractivity contribution in [1.82, 2.24) is 0 Å². The molecule has 0 saturated heterocycles. The Kier molecular flexibility index (Phi) is 2.89. The summed E-state index contributed by atoms with van der Waals surface area (Å²) in [5, 5.41) is 10.2. The summed E-state index contributed by atoms with van der Waals surface area (Å²) in [7, 11) is 0. The SMILES string of the molecule is O=C(O)c1sccc1-c1c(F)cc(F)cc1F. The Bertz CT molecular complexity index is 569. The molecule has 0 aliphatic rings. The van der Waals surface area contributed by atoms with Gasteiger partial charge in [0.15, 0.2) is 0 Å². The molecule has 0 bridgehead atoms. The number of thiophene rings is 1. The maximum atomic E-state index is 13.4. The van der Waals surface area contributed by atoms with E-state index in [1.807, 2.05) is 0 Å². The normalized spacial score (nSPS) is 10.5. The topological polar surface area (TPSA) is 37.3 Å². The number of carbonyl (C=O) groups is 1. The molecule has 0 spiro atoms. The van der Waals surface area contributed by atoms with Crippen LogP contribution in [0.25, 0.3) is 11.1 Å². The maximum absolute atomic E-state index is 13.4. The molecule has 2 aromatic rings. The molecule has 0 fully saturated rings. The summed E-state index contributed by atoms with van der Waals surface area (Å²) in [4.78, 5) is 10.7. The number of aromatic carboxylic acids is 1. The van der Waals surface area contributed by atoms with E-state index >= 15 is 0 Å². The van der Waals surface area contributed by atoms with Crippen molar-refractivity contribution in [1.29, 1.82) is 0 Å². The van der Waals surface area contributed by atoms with E-state index in [0.717, 1.165) is 11.3 Å². The zero-order chi connectivity index (χ0) is 12.6. The van der Waals surface area contributed by atoms with Gasteiger partial charge in [0.05, 0.1) is 5.56 Å². The Balaban J connectivity index is 2.69. The zero-order valence-electron chi connectivity index (χ0n) is 8.21. The van der Waals surface area contributed by atoms with Crippen molar-refractivity contribution >= 4 is 17.3 Å². The molecular weight excluding hydrogens is 253 g/mol. The Morgan fingerprint density at radius 1 is 1.18 bits per heavy atom. The van der Waals surface area contributed by atoms with E-state index in [4.69, 9.17) is 5.11 Å². The third-order valence-electron chi connectivity index (χ3n) is 2.14. The molecule has 0 saturated carbocycles. The first-order valence-corrected chi connectivity index (χ1v) is 5.34. The van der Waals surface area contributed by atoms with E-state index in [-0.39, 0.29) is 10.4 Å². The summed E-state index contributed by atoms with van der Waals surface area (Å²) in [6.07, 6.45) is 0. The summed E-state index contributed by atoms with van der Waals surface area (Å²) in [6, 6.07) is 2.32. The largest absolute Gasteiger partial charge is 0.477 e. The minimum Gasteiger partial charge on any atom is -0.477 e. The third-order valence-corrected chi connectivity index (χ3v) is 3.04. The van der Waals surface area contributed by atoms with Crippen molar-refractivity contribution in [2.75, 3.05) is 0 Å². The van der Waals surface area contributed by atoms with Gasteiger partial charge in [-0.1, -0.05) is 0 Å². The van der Waals surface area contributed by atoms with Gasteiger partial charge in [0.25, 0.3) is 0 Å². The number of rotatable bonds is 2. The van der Waals surface area contributed by atoms with Crippen molar-refractivity contribution in [3.63, 3.8) is 0 Å². The van der Waals surface area contributed by atoms with Crippen LogP contribution in [0.15, 0.2) is 23.6 Å². The molecule has 0 atom stereocenters. The number of carboxylic acids is 1. The molecule has 88 valence electrons. The molecular formula is C11H5F3O2S. The first kappa shape index (κ1) is 11.7. The van der Waals surface area contributed by atoms with Crippen LogP contribution in [0.3, 0.4) is 0 Å². The van der Waals surface area contributed by atoms with Crippen LogP contribution >= 0.6 is 11.3 Å². The van der Waals surface area contributed by atoms with Crippen LogP contribution in [0.5, 0.6) is 0 Å². The first-order valence-electron chi connectivity index (χ1n) is 4.46. The summed E-state index contributed by atoms with van der Waals surface area (Å²) in [6.45, 7) is 0. The van der Waals surface area contributed by atoms with Crippen LogP contribution in [0, 0.1) is 17.5 Å². The van der Waals surface area contributed by atoms with Crippen molar-refractivity contribution < 1.29 is 23.1 Å². The maximum Gasteiger partial charge on any atom is 0.346 e. The van der Waals surface area contributed by atoms with Crippen LogP contribution < -0.4 is 0 Å². The summed E-state index contributed by atoms with van der Waals surface area (Å²) >= 11 is 0.847. The quantitative estimate of drug-likeness (QED) is 0.894. The predicted octanol–water partition coefficient (Wildman–Crippen LogP) is 3.53. The molecule has 17 heavy (non-hydrogen) atoms. The highest BCUT2D eigenvalue weighted by molar-refractivity contribution is 7.12. The van der Waals surface area contributed by atoms with Crippen molar-refractivity contribution in [2.24, 2.45) is 0 Å². The fourth-order valence-electron chi connectivity index (χ4n) is 1.47. The van der Waals surface area contributed by atoms with E-state index in [1.54, 1.807) is 0 Å². The van der Waals surface area contributed by atoms with Crippen molar-refractivity contribution in [3.8, 4) is 11.1 Å². The Labute approximate surface area is 97.9 Å². The molecule has 2 nitrogen and oxygen atoms in total. The van der Waals surface area contributed by atoms with Crippen LogP contribution in [0.1, 0.15) is 9.67 Å². The van der Waals surface area contributed by atoms with E-state index in [0.29, 0.717) is 12.1 Å². The molecule has 0 amide bonds. The van der Waals surface area contributed by atoms with E-state index < -0.39 is 29.0 Å². The van der Waals surface area contributed by atoms with Crippen LogP contribution in [0.4, 0.5) is 13.2 Å². The molecule has 1 aromatic heterocycles. The first-order chi connectivity index (χ1) is 8.00. The predicted molar refractivity (Wildman–Crippen MR) is 56.6 cm³/mol. The summed E-state index contributed by atoms with van der Waals surface area (Å²) in [5.74, 6) is -4.57. The number of hydrogen-bond donors (Lipinski definition) is 1. The number of carboxylic acid groups (broad SMARTS) is 1. The second kappa shape index (κ2) is 4.21. The van der Waals surface area contributed by atoms with E-state index in [1.165, 1.54) is 11.4 Å². The van der Waals surface area contributed by atoms with Gasteiger partial charge in [-0.3, -0.25) is 0 Å².